The molecule has 2 nitrogen and oxygen atoms in total. The Hall–Kier alpha value is -0.540. The first-order chi connectivity index (χ1) is 7.63. The second-order valence-corrected chi connectivity index (χ2v) is 5.33. The molecule has 1 rings (SSSR count). The maximum Gasteiger partial charge on any atom is 0.251 e. The molecule has 1 aromatic rings. The van der Waals surface area contributed by atoms with Gasteiger partial charge in [-0.1, -0.05) is 40.9 Å². The number of benzene rings is 1. The lowest BCUT2D eigenvalue weighted by molar-refractivity contribution is 0.0953. The van der Waals surface area contributed by atoms with E-state index >= 15 is 0 Å². The quantitative estimate of drug-likeness (QED) is 0.827. The summed E-state index contributed by atoms with van der Waals surface area (Å²) in [6.45, 7) is 2.77. The van der Waals surface area contributed by atoms with Gasteiger partial charge in [0.25, 0.3) is 5.91 Å². The Bertz CT molecular complexity index is 339. The molecule has 0 aromatic heterocycles. The zero-order valence-corrected chi connectivity index (χ0v) is 11.5. The molecule has 0 bridgehead atoms. The molecular formula is C12H15BrClNO. The standard InChI is InChI=1S/C12H15BrClNO/c1-2-3-10(13)8-15-12(16)9-4-6-11(14)7-5-9/h4-7,10H,2-3,8H2,1H3,(H,15,16). The zero-order chi connectivity index (χ0) is 12.0. The summed E-state index contributed by atoms with van der Waals surface area (Å²) in [5.74, 6) is -0.0581. The number of hydrogen-bond donors (Lipinski definition) is 1. The first kappa shape index (κ1) is 13.5. The maximum absolute atomic E-state index is 11.7. The number of alkyl halides is 1. The van der Waals surface area contributed by atoms with E-state index in [9.17, 15) is 4.79 Å². The number of halogens is 2. The molecule has 88 valence electrons. The number of amides is 1. The summed E-state index contributed by atoms with van der Waals surface area (Å²) in [5, 5.41) is 3.51. The van der Waals surface area contributed by atoms with Gasteiger partial charge in [0.2, 0.25) is 0 Å². The molecule has 0 fully saturated rings. The van der Waals surface area contributed by atoms with E-state index in [2.05, 4.69) is 28.2 Å². The van der Waals surface area contributed by atoms with Crippen LogP contribution in [0.2, 0.25) is 5.02 Å². The predicted molar refractivity (Wildman–Crippen MR) is 71.4 cm³/mol. The Morgan fingerprint density at radius 3 is 2.62 bits per heavy atom. The van der Waals surface area contributed by atoms with E-state index < -0.39 is 0 Å². The van der Waals surface area contributed by atoms with Crippen molar-refractivity contribution in [1.29, 1.82) is 0 Å². The molecule has 1 unspecified atom stereocenters. The fourth-order valence-electron chi connectivity index (χ4n) is 1.32. The van der Waals surface area contributed by atoms with Gasteiger partial charge in [0.15, 0.2) is 0 Å². The third-order valence-electron chi connectivity index (χ3n) is 2.19. The van der Waals surface area contributed by atoms with Crippen molar-refractivity contribution >= 4 is 33.4 Å². The van der Waals surface area contributed by atoms with Gasteiger partial charge < -0.3 is 5.32 Å². The summed E-state index contributed by atoms with van der Waals surface area (Å²) in [6.07, 6.45) is 2.16. The summed E-state index contributed by atoms with van der Waals surface area (Å²) in [6, 6.07) is 6.88. The molecule has 0 saturated heterocycles. The van der Waals surface area contributed by atoms with Crippen LogP contribution in [0.4, 0.5) is 0 Å². The Morgan fingerprint density at radius 1 is 1.44 bits per heavy atom. The van der Waals surface area contributed by atoms with E-state index in [-0.39, 0.29) is 5.91 Å². The number of hydrogen-bond acceptors (Lipinski definition) is 1. The van der Waals surface area contributed by atoms with E-state index in [0.29, 0.717) is 22.0 Å². The Kier molecular flexibility index (Phi) is 5.85. The van der Waals surface area contributed by atoms with Gasteiger partial charge in [-0.3, -0.25) is 4.79 Å². The lowest BCUT2D eigenvalue weighted by atomic mass is 10.2. The van der Waals surface area contributed by atoms with Crippen LogP contribution in [0, 0.1) is 0 Å². The molecule has 0 saturated carbocycles. The molecule has 0 radical (unpaired) electrons. The fourth-order valence-corrected chi connectivity index (χ4v) is 2.07. The van der Waals surface area contributed by atoms with Crippen LogP contribution in [0.3, 0.4) is 0 Å². The van der Waals surface area contributed by atoms with Crippen molar-refractivity contribution in [3.8, 4) is 0 Å². The van der Waals surface area contributed by atoms with Crippen molar-refractivity contribution in [1.82, 2.24) is 5.32 Å². The van der Waals surface area contributed by atoms with Crippen LogP contribution in [0.25, 0.3) is 0 Å². The molecule has 1 aromatic carbocycles. The minimum atomic E-state index is -0.0581. The smallest absolute Gasteiger partial charge is 0.251 e. The lowest BCUT2D eigenvalue weighted by Gasteiger charge is -2.09. The highest BCUT2D eigenvalue weighted by Crippen LogP contribution is 2.10. The number of rotatable bonds is 5. The van der Waals surface area contributed by atoms with Crippen molar-refractivity contribution in [2.45, 2.75) is 24.6 Å². The highest BCUT2D eigenvalue weighted by molar-refractivity contribution is 9.09. The third-order valence-corrected chi connectivity index (χ3v) is 3.23. The summed E-state index contributed by atoms with van der Waals surface area (Å²) in [4.78, 5) is 12.0. The number of carbonyl (C=O) groups excluding carboxylic acids is 1. The van der Waals surface area contributed by atoms with Gasteiger partial charge in [0.05, 0.1) is 0 Å². The van der Waals surface area contributed by atoms with Crippen molar-refractivity contribution in [3.63, 3.8) is 0 Å². The number of carbonyl (C=O) groups is 1. The van der Waals surface area contributed by atoms with Crippen molar-refractivity contribution in [3.05, 3.63) is 34.9 Å². The van der Waals surface area contributed by atoms with E-state index in [4.69, 9.17) is 11.6 Å². The van der Waals surface area contributed by atoms with Crippen LogP contribution in [-0.4, -0.2) is 17.3 Å². The molecule has 1 N–H and O–H groups in total. The normalized spacial score (nSPS) is 12.2. The average Bonchev–Trinajstić information content (AvgIpc) is 2.27. The average molecular weight is 305 g/mol. The second-order valence-electron chi connectivity index (χ2n) is 3.60. The van der Waals surface area contributed by atoms with E-state index in [1.54, 1.807) is 24.3 Å². The highest BCUT2D eigenvalue weighted by atomic mass is 79.9. The van der Waals surface area contributed by atoms with E-state index in [0.717, 1.165) is 12.8 Å². The molecule has 0 spiro atoms. The maximum atomic E-state index is 11.7. The molecule has 0 aliphatic rings. The van der Waals surface area contributed by atoms with Crippen molar-refractivity contribution in [2.24, 2.45) is 0 Å². The van der Waals surface area contributed by atoms with Gasteiger partial charge in [-0.25, -0.2) is 0 Å². The Labute approximate surface area is 110 Å². The molecule has 4 heteroatoms. The lowest BCUT2D eigenvalue weighted by Crippen LogP contribution is -2.29. The summed E-state index contributed by atoms with van der Waals surface area (Å²) >= 11 is 9.26. The summed E-state index contributed by atoms with van der Waals surface area (Å²) in [7, 11) is 0. The Morgan fingerprint density at radius 2 is 2.06 bits per heavy atom. The van der Waals surface area contributed by atoms with Gasteiger partial charge in [-0.2, -0.15) is 0 Å². The second kappa shape index (κ2) is 6.92. The van der Waals surface area contributed by atoms with Crippen molar-refractivity contribution in [2.75, 3.05) is 6.54 Å². The molecular weight excluding hydrogens is 289 g/mol. The first-order valence-corrected chi connectivity index (χ1v) is 6.60. The largest absolute Gasteiger partial charge is 0.351 e. The summed E-state index contributed by atoms with van der Waals surface area (Å²) < 4.78 is 0. The van der Waals surface area contributed by atoms with Crippen LogP contribution >= 0.6 is 27.5 Å². The van der Waals surface area contributed by atoms with Gasteiger partial charge in [-0.15, -0.1) is 0 Å². The molecule has 0 aliphatic carbocycles. The van der Waals surface area contributed by atoms with Crippen LogP contribution in [0.15, 0.2) is 24.3 Å². The van der Waals surface area contributed by atoms with Crippen molar-refractivity contribution < 1.29 is 4.79 Å². The Balaban J connectivity index is 2.43. The van der Waals surface area contributed by atoms with Gasteiger partial charge in [0, 0.05) is 22.0 Å². The monoisotopic (exact) mass is 303 g/mol. The van der Waals surface area contributed by atoms with Gasteiger partial charge >= 0.3 is 0 Å². The van der Waals surface area contributed by atoms with E-state index in [1.807, 2.05) is 0 Å². The van der Waals surface area contributed by atoms with Crippen LogP contribution in [0.5, 0.6) is 0 Å². The van der Waals surface area contributed by atoms with Crippen LogP contribution in [0.1, 0.15) is 30.1 Å². The number of nitrogens with one attached hydrogen (secondary N) is 1. The molecule has 1 amide bonds. The van der Waals surface area contributed by atoms with Gasteiger partial charge in [-0.05, 0) is 30.7 Å². The van der Waals surface area contributed by atoms with Crippen LogP contribution < -0.4 is 5.32 Å². The summed E-state index contributed by atoms with van der Waals surface area (Å²) in [5.41, 5.74) is 0.639. The minimum absolute atomic E-state index is 0.0581. The van der Waals surface area contributed by atoms with Gasteiger partial charge in [0.1, 0.15) is 0 Å². The minimum Gasteiger partial charge on any atom is -0.351 e. The molecule has 1 atom stereocenters. The third kappa shape index (κ3) is 4.54. The first-order valence-electron chi connectivity index (χ1n) is 5.31. The molecule has 16 heavy (non-hydrogen) atoms. The molecule has 0 heterocycles. The topological polar surface area (TPSA) is 29.1 Å². The predicted octanol–water partition coefficient (Wildman–Crippen LogP) is 3.63. The van der Waals surface area contributed by atoms with Crippen LogP contribution in [-0.2, 0) is 0 Å². The SMILES string of the molecule is CCCC(Br)CNC(=O)c1ccc(Cl)cc1. The zero-order valence-electron chi connectivity index (χ0n) is 9.17. The fraction of sp³-hybridized carbons (Fsp3) is 0.417. The molecule has 0 aliphatic heterocycles. The van der Waals surface area contributed by atoms with E-state index in [1.165, 1.54) is 0 Å². The highest BCUT2D eigenvalue weighted by Gasteiger charge is 2.07.